The summed E-state index contributed by atoms with van der Waals surface area (Å²) in [5, 5.41) is 10.1. The van der Waals surface area contributed by atoms with Gasteiger partial charge in [-0.1, -0.05) is 41.9 Å². The zero-order valence-electron chi connectivity index (χ0n) is 18.2. The second-order valence-electron chi connectivity index (χ2n) is 7.65. The first-order valence-corrected chi connectivity index (χ1v) is 11.0. The molecule has 0 atom stereocenters. The third-order valence-electron chi connectivity index (χ3n) is 5.31. The first-order valence-electron chi connectivity index (χ1n) is 10.6. The SMILES string of the molecule is Cc1cccc(OCC(=O)N2CCN(c3oc(/C=C/c4ccccc4Cl)nc3C#N)CC2)c1. The number of aryl methyl sites for hydroxylation is 1. The van der Waals surface area contributed by atoms with Crippen LogP contribution in [0.3, 0.4) is 0 Å². The molecule has 0 spiro atoms. The molecule has 1 aliphatic rings. The Morgan fingerprint density at radius 3 is 2.70 bits per heavy atom. The molecule has 0 unspecified atom stereocenters. The van der Waals surface area contributed by atoms with Gasteiger partial charge in [0.1, 0.15) is 11.8 Å². The Labute approximate surface area is 197 Å². The Morgan fingerprint density at radius 2 is 1.97 bits per heavy atom. The van der Waals surface area contributed by atoms with Crippen LogP contribution in [0.1, 0.15) is 22.7 Å². The molecule has 8 heteroatoms. The van der Waals surface area contributed by atoms with Crippen LogP contribution in [0.5, 0.6) is 5.75 Å². The monoisotopic (exact) mass is 462 g/mol. The highest BCUT2D eigenvalue weighted by molar-refractivity contribution is 6.32. The molecule has 7 nitrogen and oxygen atoms in total. The number of nitrogens with zero attached hydrogens (tertiary/aromatic N) is 4. The van der Waals surface area contributed by atoms with E-state index in [0.29, 0.717) is 48.7 Å². The van der Waals surface area contributed by atoms with Crippen molar-refractivity contribution in [2.75, 3.05) is 37.7 Å². The summed E-state index contributed by atoms with van der Waals surface area (Å²) in [5.41, 5.74) is 2.13. The fraction of sp³-hybridized carbons (Fsp3) is 0.240. The molecule has 2 heterocycles. The molecule has 1 fully saturated rings. The van der Waals surface area contributed by atoms with Crippen LogP contribution < -0.4 is 9.64 Å². The van der Waals surface area contributed by atoms with Crippen LogP contribution in [0.25, 0.3) is 12.2 Å². The van der Waals surface area contributed by atoms with Gasteiger partial charge in [0.2, 0.25) is 17.5 Å². The van der Waals surface area contributed by atoms with E-state index in [1.54, 1.807) is 23.1 Å². The number of benzene rings is 2. The van der Waals surface area contributed by atoms with E-state index in [9.17, 15) is 10.1 Å². The van der Waals surface area contributed by atoms with Gasteiger partial charge in [0, 0.05) is 37.3 Å². The lowest BCUT2D eigenvalue weighted by Crippen LogP contribution is -2.50. The molecule has 0 N–H and O–H groups in total. The van der Waals surface area contributed by atoms with Crippen molar-refractivity contribution >= 4 is 35.5 Å². The lowest BCUT2D eigenvalue weighted by molar-refractivity contribution is -0.133. The second kappa shape index (κ2) is 10.2. The first kappa shape index (κ1) is 22.4. The minimum absolute atomic E-state index is 0.00774. The summed E-state index contributed by atoms with van der Waals surface area (Å²) in [5.74, 6) is 1.35. The Kier molecular flexibility index (Phi) is 6.96. The van der Waals surface area contributed by atoms with Crippen LogP contribution >= 0.6 is 11.6 Å². The Bertz CT molecular complexity index is 1210. The fourth-order valence-electron chi connectivity index (χ4n) is 3.56. The van der Waals surface area contributed by atoms with E-state index in [1.807, 2.05) is 54.3 Å². The summed E-state index contributed by atoms with van der Waals surface area (Å²) in [6.45, 7) is 4.05. The maximum Gasteiger partial charge on any atom is 0.260 e. The van der Waals surface area contributed by atoms with E-state index in [-0.39, 0.29) is 18.2 Å². The third kappa shape index (κ3) is 5.54. The molecule has 1 aromatic heterocycles. The molecule has 1 saturated heterocycles. The molecule has 0 aliphatic carbocycles. The van der Waals surface area contributed by atoms with Crippen molar-refractivity contribution in [3.05, 3.63) is 76.3 Å². The van der Waals surface area contributed by atoms with Crippen molar-refractivity contribution in [3.63, 3.8) is 0 Å². The lowest BCUT2D eigenvalue weighted by atomic mass is 10.2. The molecular formula is C25H23ClN4O3. The molecule has 1 aliphatic heterocycles. The minimum Gasteiger partial charge on any atom is -0.484 e. The smallest absolute Gasteiger partial charge is 0.260 e. The van der Waals surface area contributed by atoms with Crippen LogP contribution in [-0.2, 0) is 4.79 Å². The van der Waals surface area contributed by atoms with E-state index >= 15 is 0 Å². The molecule has 3 aromatic rings. The van der Waals surface area contributed by atoms with Gasteiger partial charge in [-0.05, 0) is 42.3 Å². The largest absolute Gasteiger partial charge is 0.484 e. The molecule has 0 radical (unpaired) electrons. The molecule has 168 valence electrons. The van der Waals surface area contributed by atoms with Gasteiger partial charge in [0.15, 0.2) is 6.61 Å². The molecule has 33 heavy (non-hydrogen) atoms. The average molecular weight is 463 g/mol. The number of oxazole rings is 1. The van der Waals surface area contributed by atoms with Crippen LogP contribution in [-0.4, -0.2) is 48.6 Å². The van der Waals surface area contributed by atoms with Gasteiger partial charge >= 0.3 is 0 Å². The first-order chi connectivity index (χ1) is 16.0. The molecular weight excluding hydrogens is 440 g/mol. The number of carbonyl (C=O) groups is 1. The highest BCUT2D eigenvalue weighted by atomic mass is 35.5. The number of rotatable bonds is 6. The van der Waals surface area contributed by atoms with Crippen molar-refractivity contribution < 1.29 is 13.9 Å². The predicted octanol–water partition coefficient (Wildman–Crippen LogP) is 4.41. The van der Waals surface area contributed by atoms with E-state index in [1.165, 1.54) is 0 Å². The lowest BCUT2D eigenvalue weighted by Gasteiger charge is -2.34. The van der Waals surface area contributed by atoms with Crippen LogP contribution in [0.4, 0.5) is 5.88 Å². The number of halogens is 1. The van der Waals surface area contributed by atoms with Gasteiger partial charge in [-0.3, -0.25) is 4.79 Å². The number of piperazine rings is 1. The molecule has 4 rings (SSSR count). The van der Waals surface area contributed by atoms with Gasteiger partial charge in [-0.15, -0.1) is 0 Å². The summed E-state index contributed by atoms with van der Waals surface area (Å²) < 4.78 is 11.5. The summed E-state index contributed by atoms with van der Waals surface area (Å²) in [4.78, 5) is 20.5. The number of nitriles is 1. The van der Waals surface area contributed by atoms with E-state index < -0.39 is 0 Å². The van der Waals surface area contributed by atoms with Gasteiger partial charge in [0.25, 0.3) is 5.91 Å². The van der Waals surface area contributed by atoms with E-state index in [2.05, 4.69) is 11.1 Å². The maximum absolute atomic E-state index is 12.5. The predicted molar refractivity (Wildman–Crippen MR) is 127 cm³/mol. The van der Waals surface area contributed by atoms with Crippen LogP contribution in [0.2, 0.25) is 5.02 Å². The van der Waals surface area contributed by atoms with Crippen molar-refractivity contribution in [2.24, 2.45) is 0 Å². The summed E-state index contributed by atoms with van der Waals surface area (Å²) in [6.07, 6.45) is 3.48. The quantitative estimate of drug-likeness (QED) is 0.539. The van der Waals surface area contributed by atoms with Gasteiger partial charge < -0.3 is 19.0 Å². The number of carbonyl (C=O) groups excluding carboxylic acids is 1. The summed E-state index contributed by atoms with van der Waals surface area (Å²) in [6, 6.07) is 17.1. The van der Waals surface area contributed by atoms with Gasteiger partial charge in [0.05, 0.1) is 0 Å². The van der Waals surface area contributed by atoms with Gasteiger partial charge in [-0.25, -0.2) is 0 Å². The Balaban J connectivity index is 1.36. The highest BCUT2D eigenvalue weighted by Crippen LogP contribution is 2.25. The zero-order valence-corrected chi connectivity index (χ0v) is 19.0. The standard InChI is InChI=1S/C25H23ClN4O3/c1-18-5-4-7-20(15-18)32-17-24(31)29-11-13-30(14-12-29)25-22(16-27)28-23(33-25)10-9-19-6-2-3-8-21(19)26/h2-10,15H,11-14,17H2,1H3/b10-9+. The van der Waals surface area contributed by atoms with Crippen molar-refractivity contribution in [1.82, 2.24) is 9.88 Å². The highest BCUT2D eigenvalue weighted by Gasteiger charge is 2.26. The second-order valence-corrected chi connectivity index (χ2v) is 8.05. The molecule has 0 saturated carbocycles. The van der Waals surface area contributed by atoms with Gasteiger partial charge in [-0.2, -0.15) is 10.2 Å². The number of anilines is 1. The van der Waals surface area contributed by atoms with Crippen molar-refractivity contribution in [1.29, 1.82) is 5.26 Å². The molecule has 1 amide bonds. The number of hydrogen-bond donors (Lipinski definition) is 0. The summed E-state index contributed by atoms with van der Waals surface area (Å²) in [7, 11) is 0. The number of hydrogen-bond acceptors (Lipinski definition) is 6. The Morgan fingerprint density at radius 1 is 1.18 bits per heavy atom. The van der Waals surface area contributed by atoms with Crippen molar-refractivity contribution in [3.8, 4) is 11.8 Å². The molecule has 0 bridgehead atoms. The molecule has 2 aromatic carbocycles. The van der Waals surface area contributed by atoms with Crippen LogP contribution in [0, 0.1) is 18.3 Å². The topological polar surface area (TPSA) is 82.6 Å². The van der Waals surface area contributed by atoms with E-state index in [4.69, 9.17) is 20.8 Å². The number of ether oxygens (including phenoxy) is 1. The average Bonchev–Trinajstić information content (AvgIpc) is 3.25. The maximum atomic E-state index is 12.5. The zero-order chi connectivity index (χ0) is 23.2. The fourth-order valence-corrected chi connectivity index (χ4v) is 3.76. The van der Waals surface area contributed by atoms with Crippen molar-refractivity contribution in [2.45, 2.75) is 6.92 Å². The number of aromatic nitrogens is 1. The van der Waals surface area contributed by atoms with E-state index in [0.717, 1.165) is 11.1 Å². The van der Waals surface area contributed by atoms with Crippen LogP contribution in [0.15, 0.2) is 52.9 Å². The minimum atomic E-state index is -0.0717. The Hall–Kier alpha value is -3.76. The summed E-state index contributed by atoms with van der Waals surface area (Å²) >= 11 is 6.18. The third-order valence-corrected chi connectivity index (χ3v) is 5.66. The normalized spacial score (nSPS) is 13.8. The number of amides is 1.